The number of hydrogen-bond acceptors (Lipinski definition) is 3. The van der Waals surface area contributed by atoms with Crippen LogP contribution < -0.4 is 5.32 Å². The SMILES string of the molecule is CC1CC(c2ccccc2)CN1C(=O)[C@H]1NCCO[C@@H]1C. The standard InChI is InChI=1S/C17H24N2O2/c1-12-10-15(14-6-4-3-5-7-14)11-19(12)17(20)16-13(2)21-9-8-18-16/h3-7,12-13,15-16,18H,8-11H2,1-2H3/t12?,13-,15?,16+/m1/s1. The molecule has 0 radical (unpaired) electrons. The second kappa shape index (κ2) is 6.16. The molecule has 2 saturated heterocycles. The number of hydrogen-bond donors (Lipinski definition) is 1. The van der Waals surface area contributed by atoms with Crippen LogP contribution in [0.2, 0.25) is 0 Å². The Morgan fingerprint density at radius 2 is 2.05 bits per heavy atom. The monoisotopic (exact) mass is 288 g/mol. The lowest BCUT2D eigenvalue weighted by Gasteiger charge is -2.33. The third-order valence-electron chi connectivity index (χ3n) is 4.71. The van der Waals surface area contributed by atoms with Gasteiger partial charge in [0.1, 0.15) is 6.04 Å². The maximum Gasteiger partial charge on any atom is 0.242 e. The van der Waals surface area contributed by atoms with Crippen molar-refractivity contribution in [3.05, 3.63) is 35.9 Å². The highest BCUT2D eigenvalue weighted by Crippen LogP contribution is 2.32. The third kappa shape index (κ3) is 2.97. The number of likely N-dealkylation sites (tertiary alicyclic amines) is 1. The molecule has 2 aliphatic rings. The summed E-state index contributed by atoms with van der Waals surface area (Å²) in [5, 5.41) is 3.30. The van der Waals surface area contributed by atoms with E-state index in [1.54, 1.807) is 0 Å². The van der Waals surface area contributed by atoms with Gasteiger partial charge in [-0.05, 0) is 25.8 Å². The van der Waals surface area contributed by atoms with Crippen LogP contribution in [0, 0.1) is 0 Å². The zero-order chi connectivity index (χ0) is 14.8. The Morgan fingerprint density at radius 1 is 1.29 bits per heavy atom. The van der Waals surface area contributed by atoms with Crippen molar-refractivity contribution in [1.82, 2.24) is 10.2 Å². The van der Waals surface area contributed by atoms with E-state index in [1.165, 1.54) is 5.56 Å². The van der Waals surface area contributed by atoms with Crippen molar-refractivity contribution < 1.29 is 9.53 Å². The van der Waals surface area contributed by atoms with Gasteiger partial charge >= 0.3 is 0 Å². The number of carbonyl (C=O) groups is 1. The van der Waals surface area contributed by atoms with E-state index in [0.29, 0.717) is 18.6 Å². The van der Waals surface area contributed by atoms with Crippen LogP contribution in [0.1, 0.15) is 31.7 Å². The zero-order valence-electron chi connectivity index (χ0n) is 12.8. The number of amides is 1. The first-order valence-electron chi connectivity index (χ1n) is 7.87. The Kier molecular flexibility index (Phi) is 4.27. The van der Waals surface area contributed by atoms with Gasteiger partial charge in [-0.2, -0.15) is 0 Å². The van der Waals surface area contributed by atoms with E-state index < -0.39 is 0 Å². The molecule has 2 aliphatic heterocycles. The van der Waals surface area contributed by atoms with E-state index in [9.17, 15) is 4.79 Å². The second-order valence-corrected chi connectivity index (χ2v) is 6.19. The predicted molar refractivity (Wildman–Crippen MR) is 82.2 cm³/mol. The Hall–Kier alpha value is -1.39. The molecule has 2 unspecified atom stereocenters. The molecular formula is C17H24N2O2. The number of rotatable bonds is 2. The van der Waals surface area contributed by atoms with Crippen molar-refractivity contribution in [2.75, 3.05) is 19.7 Å². The van der Waals surface area contributed by atoms with Gasteiger partial charge < -0.3 is 15.0 Å². The fourth-order valence-electron chi connectivity index (χ4n) is 3.49. The van der Waals surface area contributed by atoms with Crippen LogP contribution in [0.3, 0.4) is 0 Å². The maximum atomic E-state index is 12.8. The molecule has 4 nitrogen and oxygen atoms in total. The highest BCUT2D eigenvalue weighted by atomic mass is 16.5. The molecule has 2 fully saturated rings. The van der Waals surface area contributed by atoms with Crippen LogP contribution >= 0.6 is 0 Å². The van der Waals surface area contributed by atoms with Crippen molar-refractivity contribution >= 4 is 5.91 Å². The quantitative estimate of drug-likeness (QED) is 0.902. The average Bonchev–Trinajstić information content (AvgIpc) is 2.90. The molecular weight excluding hydrogens is 264 g/mol. The van der Waals surface area contributed by atoms with Crippen LogP contribution in [0.25, 0.3) is 0 Å². The largest absolute Gasteiger partial charge is 0.375 e. The van der Waals surface area contributed by atoms with E-state index in [2.05, 4.69) is 36.5 Å². The van der Waals surface area contributed by atoms with Gasteiger partial charge in [0.05, 0.1) is 12.7 Å². The van der Waals surface area contributed by atoms with Gasteiger partial charge in [0.25, 0.3) is 0 Å². The summed E-state index contributed by atoms with van der Waals surface area (Å²) < 4.78 is 5.61. The van der Waals surface area contributed by atoms with E-state index in [1.807, 2.05) is 17.9 Å². The molecule has 1 N–H and O–H groups in total. The molecule has 21 heavy (non-hydrogen) atoms. The fourth-order valence-corrected chi connectivity index (χ4v) is 3.49. The Bertz CT molecular complexity index is 491. The average molecular weight is 288 g/mol. The molecule has 0 saturated carbocycles. The lowest BCUT2D eigenvalue weighted by Crippen LogP contribution is -2.57. The van der Waals surface area contributed by atoms with E-state index >= 15 is 0 Å². The van der Waals surface area contributed by atoms with Crippen molar-refractivity contribution in [1.29, 1.82) is 0 Å². The fraction of sp³-hybridized carbons (Fsp3) is 0.588. The van der Waals surface area contributed by atoms with Crippen molar-refractivity contribution in [2.24, 2.45) is 0 Å². The molecule has 4 atom stereocenters. The number of carbonyl (C=O) groups excluding carboxylic acids is 1. The van der Waals surface area contributed by atoms with E-state index in [4.69, 9.17) is 4.74 Å². The number of morpholine rings is 1. The normalized spacial score (nSPS) is 33.1. The molecule has 0 spiro atoms. The molecule has 1 amide bonds. The lowest BCUT2D eigenvalue weighted by atomic mass is 9.97. The summed E-state index contributed by atoms with van der Waals surface area (Å²) >= 11 is 0. The zero-order valence-corrected chi connectivity index (χ0v) is 12.8. The summed E-state index contributed by atoms with van der Waals surface area (Å²) in [6, 6.07) is 10.6. The van der Waals surface area contributed by atoms with Gasteiger partial charge in [-0.15, -0.1) is 0 Å². The molecule has 4 heteroatoms. The first-order chi connectivity index (χ1) is 10.2. The number of nitrogens with one attached hydrogen (secondary N) is 1. The molecule has 1 aromatic rings. The van der Waals surface area contributed by atoms with Gasteiger partial charge in [-0.25, -0.2) is 0 Å². The first kappa shape index (κ1) is 14.5. The summed E-state index contributed by atoms with van der Waals surface area (Å²) in [7, 11) is 0. The first-order valence-corrected chi connectivity index (χ1v) is 7.87. The molecule has 0 aromatic heterocycles. The van der Waals surface area contributed by atoms with Crippen LogP contribution in [-0.4, -0.2) is 48.7 Å². The summed E-state index contributed by atoms with van der Waals surface area (Å²) in [6.45, 7) is 6.38. The Morgan fingerprint density at radius 3 is 2.76 bits per heavy atom. The van der Waals surface area contributed by atoms with Crippen molar-refractivity contribution in [3.63, 3.8) is 0 Å². The van der Waals surface area contributed by atoms with Crippen molar-refractivity contribution in [2.45, 2.75) is 44.4 Å². The van der Waals surface area contributed by atoms with E-state index in [0.717, 1.165) is 19.5 Å². The molecule has 3 rings (SSSR count). The van der Waals surface area contributed by atoms with Gasteiger partial charge in [0.15, 0.2) is 0 Å². The third-order valence-corrected chi connectivity index (χ3v) is 4.71. The number of benzene rings is 1. The van der Waals surface area contributed by atoms with E-state index in [-0.39, 0.29) is 18.1 Å². The van der Waals surface area contributed by atoms with Crippen LogP contribution in [-0.2, 0) is 9.53 Å². The minimum absolute atomic E-state index is 0.0470. The summed E-state index contributed by atoms with van der Waals surface area (Å²) in [4.78, 5) is 14.8. The van der Waals surface area contributed by atoms with Gasteiger partial charge in [0.2, 0.25) is 5.91 Å². The molecule has 0 bridgehead atoms. The minimum atomic E-state index is -0.198. The summed E-state index contributed by atoms with van der Waals surface area (Å²) in [6.07, 6.45) is 0.992. The highest BCUT2D eigenvalue weighted by Gasteiger charge is 2.38. The molecule has 0 aliphatic carbocycles. The smallest absolute Gasteiger partial charge is 0.242 e. The molecule has 1 aromatic carbocycles. The van der Waals surface area contributed by atoms with Crippen molar-refractivity contribution in [3.8, 4) is 0 Å². The maximum absolute atomic E-state index is 12.8. The molecule has 114 valence electrons. The minimum Gasteiger partial charge on any atom is -0.375 e. The van der Waals surface area contributed by atoms with Gasteiger partial charge in [-0.1, -0.05) is 30.3 Å². The lowest BCUT2D eigenvalue weighted by molar-refractivity contribution is -0.140. The van der Waals surface area contributed by atoms with Gasteiger partial charge in [-0.3, -0.25) is 4.79 Å². The molecule has 2 heterocycles. The Balaban J connectivity index is 1.70. The van der Waals surface area contributed by atoms with Crippen LogP contribution in [0.4, 0.5) is 0 Å². The second-order valence-electron chi connectivity index (χ2n) is 6.19. The number of ether oxygens (including phenoxy) is 1. The summed E-state index contributed by atoms with van der Waals surface area (Å²) in [5.74, 6) is 0.637. The topological polar surface area (TPSA) is 41.6 Å². The van der Waals surface area contributed by atoms with Gasteiger partial charge in [0, 0.05) is 25.0 Å². The highest BCUT2D eigenvalue weighted by molar-refractivity contribution is 5.83. The Labute approximate surface area is 126 Å². The summed E-state index contributed by atoms with van der Waals surface area (Å²) in [5.41, 5.74) is 1.33. The van der Waals surface area contributed by atoms with Crippen LogP contribution in [0.15, 0.2) is 30.3 Å². The van der Waals surface area contributed by atoms with Crippen LogP contribution in [0.5, 0.6) is 0 Å². The number of nitrogens with zero attached hydrogens (tertiary/aromatic N) is 1. The predicted octanol–water partition coefficient (Wildman–Crippen LogP) is 1.77.